The normalized spacial score (nSPS) is 14.7. The van der Waals surface area contributed by atoms with Crippen molar-refractivity contribution < 1.29 is 22.4 Å². The Morgan fingerprint density at radius 1 is 1.00 bits per heavy atom. The molecule has 1 aliphatic rings. The van der Waals surface area contributed by atoms with Crippen LogP contribution in [0.3, 0.4) is 0 Å². The number of primary sulfonamides is 1. The molecule has 0 atom stereocenters. The second-order valence-corrected chi connectivity index (χ2v) is 8.63. The highest BCUT2D eigenvalue weighted by Gasteiger charge is 2.26. The lowest BCUT2D eigenvalue weighted by molar-refractivity contribution is -0.131. The minimum Gasteiger partial charge on any atom is -0.339 e. The Balaban J connectivity index is 1.57. The van der Waals surface area contributed by atoms with Gasteiger partial charge in [0, 0.05) is 26.2 Å². The van der Waals surface area contributed by atoms with Gasteiger partial charge in [-0.25, -0.2) is 17.9 Å². The summed E-state index contributed by atoms with van der Waals surface area (Å²) in [5.41, 5.74) is 0.891. The second-order valence-electron chi connectivity index (χ2n) is 6.66. The highest BCUT2D eigenvalue weighted by atomic mass is 35.5. The van der Waals surface area contributed by atoms with Gasteiger partial charge in [0.2, 0.25) is 15.9 Å². The van der Waals surface area contributed by atoms with Crippen LogP contribution in [0.4, 0.5) is 4.39 Å². The Labute approximate surface area is 172 Å². The third-order valence-electron chi connectivity index (χ3n) is 4.69. The van der Waals surface area contributed by atoms with Gasteiger partial charge in [0.15, 0.2) is 0 Å². The van der Waals surface area contributed by atoms with E-state index in [9.17, 15) is 22.4 Å². The summed E-state index contributed by atoms with van der Waals surface area (Å²) in [6.07, 6.45) is 0.114. The predicted octanol–water partition coefficient (Wildman–Crippen LogP) is 1.65. The Kier molecular flexibility index (Phi) is 6.21. The highest BCUT2D eigenvalue weighted by Crippen LogP contribution is 2.20. The second kappa shape index (κ2) is 8.48. The van der Waals surface area contributed by atoms with Gasteiger partial charge in [-0.05, 0) is 35.9 Å². The molecule has 10 heteroatoms. The van der Waals surface area contributed by atoms with Gasteiger partial charge in [-0.1, -0.05) is 23.7 Å². The number of nitrogens with two attached hydrogens (primary N) is 1. The maximum atomic E-state index is 13.2. The van der Waals surface area contributed by atoms with Crippen LogP contribution in [-0.2, 0) is 21.2 Å². The number of amides is 2. The first-order valence-electron chi connectivity index (χ1n) is 8.79. The predicted molar refractivity (Wildman–Crippen MR) is 105 cm³/mol. The van der Waals surface area contributed by atoms with Crippen molar-refractivity contribution in [1.29, 1.82) is 0 Å². The van der Waals surface area contributed by atoms with Crippen molar-refractivity contribution in [3.63, 3.8) is 0 Å². The summed E-state index contributed by atoms with van der Waals surface area (Å²) in [4.78, 5) is 28.3. The fraction of sp³-hybridized carbons (Fsp3) is 0.263. The largest absolute Gasteiger partial charge is 0.339 e. The van der Waals surface area contributed by atoms with E-state index in [0.717, 1.165) is 6.07 Å². The molecule has 0 unspecified atom stereocenters. The highest BCUT2D eigenvalue weighted by molar-refractivity contribution is 7.89. The molecule has 1 heterocycles. The maximum absolute atomic E-state index is 13.2. The number of nitrogens with zero attached hydrogens (tertiary/aromatic N) is 2. The smallest absolute Gasteiger partial charge is 0.255 e. The number of hydrogen-bond acceptors (Lipinski definition) is 4. The summed E-state index contributed by atoms with van der Waals surface area (Å²) in [5.74, 6) is -0.944. The van der Waals surface area contributed by atoms with Crippen LogP contribution in [0.5, 0.6) is 0 Å². The number of carbonyl (C=O) groups excluding carboxylic acids is 2. The molecule has 0 aromatic heterocycles. The van der Waals surface area contributed by atoms with E-state index in [-0.39, 0.29) is 33.7 Å². The van der Waals surface area contributed by atoms with E-state index in [4.69, 9.17) is 16.7 Å². The van der Waals surface area contributed by atoms with Crippen LogP contribution in [-0.4, -0.2) is 56.2 Å². The molecule has 2 amide bonds. The fourth-order valence-corrected chi connectivity index (χ4v) is 3.84. The lowest BCUT2D eigenvalue weighted by Gasteiger charge is -2.35. The first-order valence-corrected chi connectivity index (χ1v) is 10.7. The Morgan fingerprint density at radius 3 is 2.14 bits per heavy atom. The van der Waals surface area contributed by atoms with Crippen LogP contribution >= 0.6 is 11.6 Å². The van der Waals surface area contributed by atoms with Gasteiger partial charge in [0.25, 0.3) is 5.91 Å². The van der Waals surface area contributed by atoms with Crippen LogP contribution in [0.15, 0.2) is 47.4 Å². The Morgan fingerprint density at radius 2 is 1.59 bits per heavy atom. The third kappa shape index (κ3) is 5.11. The average molecular weight is 440 g/mol. The monoisotopic (exact) mass is 439 g/mol. The minimum atomic E-state index is -3.77. The molecule has 1 aliphatic heterocycles. The molecular weight excluding hydrogens is 421 g/mol. The van der Waals surface area contributed by atoms with Crippen LogP contribution < -0.4 is 5.14 Å². The SMILES string of the molecule is NS(=O)(=O)c1ccc(CC(=O)N2CCN(C(=O)c3ccc(F)cc3Cl)CC2)cc1. The summed E-state index contributed by atoms with van der Waals surface area (Å²) < 4.78 is 35.7. The van der Waals surface area contributed by atoms with E-state index in [2.05, 4.69) is 0 Å². The minimum absolute atomic E-state index is 0.0136. The van der Waals surface area contributed by atoms with Crippen molar-refractivity contribution in [2.45, 2.75) is 11.3 Å². The molecule has 1 saturated heterocycles. The third-order valence-corrected chi connectivity index (χ3v) is 5.93. The molecule has 2 aromatic carbocycles. The number of piperazine rings is 1. The maximum Gasteiger partial charge on any atom is 0.255 e. The molecule has 0 bridgehead atoms. The van der Waals surface area contributed by atoms with Crippen molar-refractivity contribution >= 4 is 33.4 Å². The Hall–Kier alpha value is -2.49. The van der Waals surface area contributed by atoms with Crippen molar-refractivity contribution in [1.82, 2.24) is 9.80 Å². The molecule has 0 spiro atoms. The van der Waals surface area contributed by atoms with Gasteiger partial charge in [-0.3, -0.25) is 9.59 Å². The van der Waals surface area contributed by atoms with Crippen LogP contribution in [0.25, 0.3) is 0 Å². The summed E-state index contributed by atoms with van der Waals surface area (Å²) in [6.45, 7) is 1.39. The number of halogens is 2. The number of rotatable bonds is 4. The van der Waals surface area contributed by atoms with E-state index in [1.165, 1.54) is 24.3 Å². The zero-order valence-corrected chi connectivity index (χ0v) is 16.9. The van der Waals surface area contributed by atoms with Gasteiger partial charge in [-0.15, -0.1) is 0 Å². The van der Waals surface area contributed by atoms with Gasteiger partial charge < -0.3 is 9.80 Å². The number of carbonyl (C=O) groups is 2. The summed E-state index contributed by atoms with van der Waals surface area (Å²) in [6, 6.07) is 9.45. The molecule has 7 nitrogen and oxygen atoms in total. The molecule has 0 aliphatic carbocycles. The molecule has 0 radical (unpaired) electrons. The fourth-order valence-electron chi connectivity index (χ4n) is 3.08. The van der Waals surface area contributed by atoms with Gasteiger partial charge in [0.1, 0.15) is 5.82 Å². The number of benzene rings is 2. The average Bonchev–Trinajstić information content (AvgIpc) is 2.67. The van der Waals surface area contributed by atoms with E-state index in [1.807, 2.05) is 0 Å². The zero-order valence-electron chi connectivity index (χ0n) is 15.3. The number of hydrogen-bond donors (Lipinski definition) is 1. The number of sulfonamides is 1. The summed E-state index contributed by atoms with van der Waals surface area (Å²) >= 11 is 5.95. The standard InChI is InChI=1S/C19H19ClFN3O4S/c20-17-12-14(21)3-6-16(17)19(26)24-9-7-23(8-10-24)18(25)11-13-1-4-15(5-2-13)29(22,27)28/h1-6,12H,7-11H2,(H2,22,27,28). The van der Waals surface area contributed by atoms with E-state index in [0.29, 0.717) is 31.7 Å². The van der Waals surface area contributed by atoms with Gasteiger partial charge in [0.05, 0.1) is 21.9 Å². The van der Waals surface area contributed by atoms with E-state index >= 15 is 0 Å². The summed E-state index contributed by atoms with van der Waals surface area (Å²) in [7, 11) is -3.77. The Bertz CT molecular complexity index is 1040. The first-order chi connectivity index (χ1) is 13.6. The quantitative estimate of drug-likeness (QED) is 0.782. The zero-order chi connectivity index (χ0) is 21.2. The van der Waals surface area contributed by atoms with Crippen molar-refractivity contribution in [3.05, 3.63) is 64.4 Å². The van der Waals surface area contributed by atoms with Gasteiger partial charge in [-0.2, -0.15) is 0 Å². The summed E-state index contributed by atoms with van der Waals surface area (Å²) in [5, 5.41) is 5.11. The van der Waals surface area contributed by atoms with Crippen molar-refractivity contribution in [2.24, 2.45) is 5.14 Å². The van der Waals surface area contributed by atoms with Crippen LogP contribution in [0.1, 0.15) is 15.9 Å². The first kappa shape index (κ1) is 21.2. The molecule has 0 saturated carbocycles. The molecule has 154 valence electrons. The lowest BCUT2D eigenvalue weighted by Crippen LogP contribution is -2.51. The van der Waals surface area contributed by atoms with E-state index < -0.39 is 15.8 Å². The molecule has 1 fully saturated rings. The van der Waals surface area contributed by atoms with E-state index in [1.54, 1.807) is 21.9 Å². The van der Waals surface area contributed by atoms with Crippen LogP contribution in [0, 0.1) is 5.82 Å². The van der Waals surface area contributed by atoms with Crippen molar-refractivity contribution in [2.75, 3.05) is 26.2 Å². The molecule has 29 heavy (non-hydrogen) atoms. The van der Waals surface area contributed by atoms with Crippen LogP contribution in [0.2, 0.25) is 5.02 Å². The lowest BCUT2D eigenvalue weighted by atomic mass is 10.1. The topological polar surface area (TPSA) is 101 Å². The molecular formula is C19H19ClFN3O4S. The molecule has 2 N–H and O–H groups in total. The molecule has 3 rings (SSSR count). The van der Waals surface area contributed by atoms with Crippen molar-refractivity contribution in [3.8, 4) is 0 Å². The van der Waals surface area contributed by atoms with Gasteiger partial charge >= 0.3 is 0 Å². The molecule has 2 aromatic rings.